The van der Waals surface area contributed by atoms with Gasteiger partial charge in [-0.1, -0.05) is 26.2 Å². The monoisotopic (exact) mass is 323 g/mol. The Morgan fingerprint density at radius 2 is 1.96 bits per heavy atom. The Morgan fingerprint density at radius 1 is 1.30 bits per heavy atom. The van der Waals surface area contributed by atoms with Crippen LogP contribution < -0.4 is 10.7 Å². The molecule has 4 amide bonds. The second-order valence-corrected chi connectivity index (χ2v) is 6.68. The lowest BCUT2D eigenvalue weighted by atomic mass is 9.82. The Balaban J connectivity index is 1.52. The number of hydrogen-bond acceptors (Lipinski definition) is 5. The first-order chi connectivity index (χ1) is 10.9. The zero-order valence-electron chi connectivity index (χ0n) is 13.1. The van der Waals surface area contributed by atoms with Crippen LogP contribution in [0, 0.1) is 11.8 Å². The van der Waals surface area contributed by atoms with Crippen molar-refractivity contribution in [2.24, 2.45) is 11.8 Å². The molecule has 1 heterocycles. The summed E-state index contributed by atoms with van der Waals surface area (Å²) in [5, 5.41) is 3.40. The maximum absolute atomic E-state index is 12.4. The Morgan fingerprint density at radius 3 is 2.57 bits per heavy atom. The molecule has 0 unspecified atom stereocenters. The summed E-state index contributed by atoms with van der Waals surface area (Å²) in [6.45, 7) is 1.44. The minimum absolute atomic E-state index is 0.134. The third kappa shape index (κ3) is 3.02. The largest absolute Gasteiger partial charge is 0.455 e. The van der Waals surface area contributed by atoms with Crippen molar-refractivity contribution in [2.45, 2.75) is 51.0 Å². The summed E-state index contributed by atoms with van der Waals surface area (Å²) in [5.74, 6) is -1.37. The Labute approximate surface area is 133 Å². The van der Waals surface area contributed by atoms with E-state index in [0.29, 0.717) is 23.8 Å². The molecule has 2 aliphatic carbocycles. The number of nitrogens with one attached hydrogen (secondary N) is 2. The van der Waals surface area contributed by atoms with E-state index in [0.717, 1.165) is 25.7 Å². The van der Waals surface area contributed by atoms with Gasteiger partial charge < -0.3 is 10.1 Å². The van der Waals surface area contributed by atoms with Crippen molar-refractivity contribution in [3.63, 3.8) is 0 Å². The van der Waals surface area contributed by atoms with Crippen LogP contribution in [-0.2, 0) is 19.1 Å². The molecule has 3 aliphatic rings. The average Bonchev–Trinajstić information content (AvgIpc) is 3.22. The first kappa shape index (κ1) is 15.8. The van der Waals surface area contributed by atoms with Crippen molar-refractivity contribution in [3.8, 4) is 0 Å². The number of carbonyl (C=O) groups is 4. The fourth-order valence-corrected chi connectivity index (χ4v) is 3.27. The molecular weight excluding hydrogens is 302 g/mol. The van der Waals surface area contributed by atoms with Crippen molar-refractivity contribution >= 4 is 23.8 Å². The molecule has 1 spiro atoms. The van der Waals surface area contributed by atoms with E-state index < -0.39 is 36.0 Å². The number of ether oxygens (including phenoxy) is 1. The lowest BCUT2D eigenvalue weighted by molar-refractivity contribution is -0.152. The molecule has 0 bridgehead atoms. The number of amides is 4. The maximum atomic E-state index is 12.4. The van der Waals surface area contributed by atoms with Crippen molar-refractivity contribution in [2.75, 3.05) is 6.61 Å². The topological polar surface area (TPSA) is 105 Å². The number of nitrogens with zero attached hydrogens (tertiary/aromatic N) is 1. The van der Waals surface area contributed by atoms with Gasteiger partial charge >= 0.3 is 12.0 Å². The van der Waals surface area contributed by atoms with E-state index in [2.05, 4.69) is 10.7 Å². The number of esters is 1. The summed E-state index contributed by atoms with van der Waals surface area (Å²) in [5.41, 5.74) is 1.35. The number of imide groups is 1. The molecule has 8 heteroatoms. The standard InChI is InChI=1S/C15H21N3O5/c1-9-7-10(9)12(20)23-8-11(19)17-18-13(21)15(16-14(18)22)5-3-2-4-6-15/h9-10H,2-8H2,1H3,(H,16,22)(H,17,19)/t9-,10-/m1/s1. The van der Waals surface area contributed by atoms with Crippen LogP contribution in [0.5, 0.6) is 0 Å². The molecule has 2 atom stereocenters. The zero-order valence-corrected chi connectivity index (χ0v) is 13.1. The van der Waals surface area contributed by atoms with E-state index in [-0.39, 0.29) is 5.92 Å². The van der Waals surface area contributed by atoms with Gasteiger partial charge in [0.2, 0.25) is 0 Å². The van der Waals surface area contributed by atoms with Gasteiger partial charge in [-0.25, -0.2) is 4.79 Å². The molecule has 1 saturated heterocycles. The van der Waals surface area contributed by atoms with Crippen molar-refractivity contribution in [1.29, 1.82) is 0 Å². The van der Waals surface area contributed by atoms with Gasteiger partial charge in [0.05, 0.1) is 5.92 Å². The Hall–Kier alpha value is -2.12. The molecule has 0 radical (unpaired) electrons. The van der Waals surface area contributed by atoms with E-state index in [1.165, 1.54) is 0 Å². The predicted molar refractivity (Wildman–Crippen MR) is 77.6 cm³/mol. The smallest absolute Gasteiger partial charge is 0.344 e. The fraction of sp³-hybridized carbons (Fsp3) is 0.733. The zero-order chi connectivity index (χ0) is 16.6. The lowest BCUT2D eigenvalue weighted by Gasteiger charge is -2.30. The molecule has 0 aromatic heterocycles. The van der Waals surface area contributed by atoms with Crippen LogP contribution in [0.2, 0.25) is 0 Å². The first-order valence-corrected chi connectivity index (χ1v) is 8.06. The van der Waals surface area contributed by atoms with E-state index in [9.17, 15) is 19.2 Å². The minimum Gasteiger partial charge on any atom is -0.455 e. The summed E-state index contributed by atoms with van der Waals surface area (Å²) < 4.78 is 4.90. The van der Waals surface area contributed by atoms with Crippen LogP contribution >= 0.6 is 0 Å². The summed E-state index contributed by atoms with van der Waals surface area (Å²) in [7, 11) is 0. The maximum Gasteiger partial charge on any atom is 0.344 e. The van der Waals surface area contributed by atoms with Gasteiger partial charge in [0, 0.05) is 0 Å². The van der Waals surface area contributed by atoms with Crippen LogP contribution in [0.15, 0.2) is 0 Å². The highest BCUT2D eigenvalue weighted by atomic mass is 16.5. The Bertz CT molecular complexity index is 555. The van der Waals surface area contributed by atoms with Crippen LogP contribution in [0.3, 0.4) is 0 Å². The third-order valence-corrected chi connectivity index (χ3v) is 4.86. The number of carbonyl (C=O) groups excluding carboxylic acids is 4. The number of hydrazine groups is 1. The van der Waals surface area contributed by atoms with Gasteiger partial charge in [-0.3, -0.25) is 19.8 Å². The number of rotatable bonds is 4. The molecule has 0 aromatic carbocycles. The highest BCUT2D eigenvalue weighted by Gasteiger charge is 2.52. The van der Waals surface area contributed by atoms with Gasteiger partial charge in [0.25, 0.3) is 11.8 Å². The molecule has 23 heavy (non-hydrogen) atoms. The summed E-state index contributed by atoms with van der Waals surface area (Å²) in [6.07, 6.45) is 4.70. The molecule has 3 rings (SSSR count). The van der Waals surface area contributed by atoms with Crippen molar-refractivity contribution < 1.29 is 23.9 Å². The molecule has 126 valence electrons. The highest BCUT2D eigenvalue weighted by Crippen LogP contribution is 2.38. The molecule has 1 aliphatic heterocycles. The van der Waals surface area contributed by atoms with E-state index in [1.807, 2.05) is 6.92 Å². The lowest BCUT2D eigenvalue weighted by Crippen LogP contribution is -2.51. The summed E-state index contributed by atoms with van der Waals surface area (Å²) >= 11 is 0. The van der Waals surface area contributed by atoms with E-state index >= 15 is 0 Å². The average molecular weight is 323 g/mol. The summed E-state index contributed by atoms with van der Waals surface area (Å²) in [6, 6.07) is -0.632. The second kappa shape index (κ2) is 5.82. The van der Waals surface area contributed by atoms with Crippen LogP contribution in [0.4, 0.5) is 4.79 Å². The quantitative estimate of drug-likeness (QED) is 0.578. The number of hydrogen-bond donors (Lipinski definition) is 2. The van der Waals surface area contributed by atoms with Crippen LogP contribution in [0.1, 0.15) is 45.4 Å². The summed E-state index contributed by atoms with van der Waals surface area (Å²) in [4.78, 5) is 47.8. The first-order valence-electron chi connectivity index (χ1n) is 8.06. The fourth-order valence-electron chi connectivity index (χ4n) is 3.27. The number of urea groups is 1. The van der Waals surface area contributed by atoms with Gasteiger partial charge in [-0.2, -0.15) is 5.01 Å². The second-order valence-electron chi connectivity index (χ2n) is 6.68. The van der Waals surface area contributed by atoms with Crippen LogP contribution in [0.25, 0.3) is 0 Å². The van der Waals surface area contributed by atoms with Gasteiger partial charge in [-0.15, -0.1) is 0 Å². The minimum atomic E-state index is -0.886. The van der Waals surface area contributed by atoms with E-state index in [1.54, 1.807) is 0 Å². The van der Waals surface area contributed by atoms with Gasteiger partial charge in [0.1, 0.15) is 5.54 Å². The molecule has 2 N–H and O–H groups in total. The van der Waals surface area contributed by atoms with Crippen molar-refractivity contribution in [1.82, 2.24) is 15.8 Å². The molecule has 3 fully saturated rings. The van der Waals surface area contributed by atoms with Gasteiger partial charge in [0.15, 0.2) is 6.61 Å². The third-order valence-electron chi connectivity index (χ3n) is 4.86. The Kier molecular flexibility index (Phi) is 3.99. The SMILES string of the molecule is C[C@@H]1C[C@H]1C(=O)OCC(=O)NN1C(=O)NC2(CCCCC2)C1=O. The highest BCUT2D eigenvalue weighted by molar-refractivity contribution is 6.08. The van der Waals surface area contributed by atoms with Gasteiger partial charge in [-0.05, 0) is 25.2 Å². The predicted octanol–water partition coefficient (Wildman–Crippen LogP) is 0.471. The normalized spacial score (nSPS) is 28.5. The molecule has 8 nitrogen and oxygen atoms in total. The molecular formula is C15H21N3O5. The molecule has 2 saturated carbocycles. The van der Waals surface area contributed by atoms with Crippen molar-refractivity contribution in [3.05, 3.63) is 0 Å². The molecule has 0 aromatic rings. The van der Waals surface area contributed by atoms with Crippen LogP contribution in [-0.4, -0.2) is 41.0 Å². The van der Waals surface area contributed by atoms with E-state index in [4.69, 9.17) is 4.74 Å².